The third-order valence-electron chi connectivity index (χ3n) is 4.44. The Kier molecular flexibility index (Phi) is 3.88. The minimum atomic E-state index is 0.240. The van der Waals surface area contributed by atoms with Crippen LogP contribution in [-0.4, -0.2) is 0 Å². The van der Waals surface area contributed by atoms with Gasteiger partial charge in [-0.3, -0.25) is 0 Å². The molecule has 0 radical (unpaired) electrons. The second-order valence-corrected chi connectivity index (χ2v) is 5.85. The van der Waals surface area contributed by atoms with E-state index >= 15 is 0 Å². The molecule has 0 saturated heterocycles. The number of nitrogens with two attached hydrogens (primary N) is 1. The first-order valence-corrected chi connectivity index (χ1v) is 6.91. The summed E-state index contributed by atoms with van der Waals surface area (Å²) < 4.78 is 0. The van der Waals surface area contributed by atoms with Gasteiger partial charge in [-0.15, -0.1) is 0 Å². The lowest BCUT2D eigenvalue weighted by molar-refractivity contribution is 0.255. The summed E-state index contributed by atoms with van der Waals surface area (Å²) in [6, 6.07) is 6.74. The summed E-state index contributed by atoms with van der Waals surface area (Å²) in [5.74, 6) is 1.59. The molecule has 1 aromatic rings. The van der Waals surface area contributed by atoms with Crippen LogP contribution in [0.25, 0.3) is 0 Å². The van der Waals surface area contributed by atoms with E-state index in [0.717, 1.165) is 5.92 Å². The zero-order valence-corrected chi connectivity index (χ0v) is 11.4. The van der Waals surface area contributed by atoms with Crippen LogP contribution < -0.4 is 5.73 Å². The van der Waals surface area contributed by atoms with E-state index in [2.05, 4.69) is 39.0 Å². The summed E-state index contributed by atoms with van der Waals surface area (Å²) >= 11 is 0. The fraction of sp³-hybridized carbons (Fsp3) is 0.625. The first-order chi connectivity index (χ1) is 8.09. The second-order valence-electron chi connectivity index (χ2n) is 5.85. The molecular weight excluding hydrogens is 206 g/mol. The zero-order chi connectivity index (χ0) is 12.4. The van der Waals surface area contributed by atoms with Gasteiger partial charge in [0.2, 0.25) is 0 Å². The molecule has 0 bridgehead atoms. The van der Waals surface area contributed by atoms with E-state index in [1.54, 1.807) is 0 Å². The van der Waals surface area contributed by atoms with Crippen LogP contribution in [0.5, 0.6) is 0 Å². The van der Waals surface area contributed by atoms with Crippen molar-refractivity contribution in [1.29, 1.82) is 0 Å². The lowest BCUT2D eigenvalue weighted by Gasteiger charge is -2.32. The van der Waals surface area contributed by atoms with E-state index in [1.807, 2.05) is 0 Å². The monoisotopic (exact) mass is 231 g/mol. The number of hydrogen-bond acceptors (Lipinski definition) is 1. The molecule has 0 spiro atoms. The van der Waals surface area contributed by atoms with Crippen molar-refractivity contribution >= 4 is 0 Å². The fourth-order valence-corrected chi connectivity index (χ4v) is 3.23. The first-order valence-electron chi connectivity index (χ1n) is 6.91. The van der Waals surface area contributed by atoms with E-state index < -0.39 is 0 Å². The average Bonchev–Trinajstić information content (AvgIpc) is 2.29. The molecule has 1 nitrogen and oxygen atoms in total. The molecule has 1 unspecified atom stereocenters. The van der Waals surface area contributed by atoms with Crippen molar-refractivity contribution in [1.82, 2.24) is 0 Å². The number of benzene rings is 1. The smallest absolute Gasteiger partial charge is 0.0328 e. The number of hydrogen-bond donors (Lipinski definition) is 1. The highest BCUT2D eigenvalue weighted by Gasteiger charge is 2.26. The van der Waals surface area contributed by atoms with E-state index in [0.29, 0.717) is 5.92 Å². The molecular formula is C16H25N. The van der Waals surface area contributed by atoms with Crippen LogP contribution in [0.4, 0.5) is 0 Å². The Bertz CT molecular complexity index is 355. The molecule has 0 amide bonds. The molecule has 0 aliphatic heterocycles. The van der Waals surface area contributed by atoms with Crippen molar-refractivity contribution in [3.05, 3.63) is 34.9 Å². The van der Waals surface area contributed by atoms with Crippen LogP contribution in [-0.2, 0) is 0 Å². The highest BCUT2D eigenvalue weighted by Crippen LogP contribution is 2.37. The first kappa shape index (κ1) is 12.6. The molecule has 17 heavy (non-hydrogen) atoms. The summed E-state index contributed by atoms with van der Waals surface area (Å²) in [6.45, 7) is 6.74. The van der Waals surface area contributed by atoms with Gasteiger partial charge in [-0.1, -0.05) is 38.0 Å². The predicted octanol–water partition coefficient (Wildman–Crippen LogP) is 4.13. The maximum atomic E-state index is 6.52. The Balaban J connectivity index is 2.16. The third kappa shape index (κ3) is 2.71. The van der Waals surface area contributed by atoms with Crippen molar-refractivity contribution in [3.8, 4) is 0 Å². The van der Waals surface area contributed by atoms with Gasteiger partial charge in [0.25, 0.3) is 0 Å². The van der Waals surface area contributed by atoms with E-state index in [-0.39, 0.29) is 6.04 Å². The standard InChI is InChI=1S/C16H25N/c1-11-7-9-14(10-8-11)16(17)15-12(2)5-4-6-13(15)3/h4-6,11,14,16H,7-10,17H2,1-3H3. The van der Waals surface area contributed by atoms with Gasteiger partial charge in [-0.2, -0.15) is 0 Å². The predicted molar refractivity (Wildman–Crippen MR) is 74.0 cm³/mol. The average molecular weight is 231 g/mol. The maximum absolute atomic E-state index is 6.52. The number of aryl methyl sites for hydroxylation is 2. The SMILES string of the molecule is Cc1cccc(C)c1C(N)C1CCC(C)CC1. The molecule has 0 heterocycles. The van der Waals surface area contributed by atoms with Crippen LogP contribution in [0.3, 0.4) is 0 Å². The number of rotatable bonds is 2. The van der Waals surface area contributed by atoms with Crippen LogP contribution in [0.1, 0.15) is 55.3 Å². The second kappa shape index (κ2) is 5.22. The van der Waals surface area contributed by atoms with Crippen LogP contribution >= 0.6 is 0 Å². The Morgan fingerprint density at radius 1 is 1.06 bits per heavy atom. The Morgan fingerprint density at radius 2 is 1.59 bits per heavy atom. The van der Waals surface area contributed by atoms with Crippen molar-refractivity contribution in [2.24, 2.45) is 17.6 Å². The molecule has 1 heteroatoms. The van der Waals surface area contributed by atoms with Crippen molar-refractivity contribution in [2.45, 2.75) is 52.5 Å². The van der Waals surface area contributed by atoms with Crippen molar-refractivity contribution < 1.29 is 0 Å². The summed E-state index contributed by atoms with van der Waals surface area (Å²) in [5, 5.41) is 0. The molecule has 1 aliphatic rings. The molecule has 1 fully saturated rings. The largest absolute Gasteiger partial charge is 0.324 e. The van der Waals surface area contributed by atoms with E-state index in [4.69, 9.17) is 5.73 Å². The normalized spacial score (nSPS) is 26.8. The van der Waals surface area contributed by atoms with Gasteiger partial charge < -0.3 is 5.73 Å². The minimum Gasteiger partial charge on any atom is -0.324 e. The van der Waals surface area contributed by atoms with Gasteiger partial charge in [-0.25, -0.2) is 0 Å². The highest BCUT2D eigenvalue weighted by molar-refractivity contribution is 5.36. The molecule has 0 aromatic heterocycles. The Hall–Kier alpha value is -0.820. The van der Waals surface area contributed by atoms with Gasteiger partial charge in [0.15, 0.2) is 0 Å². The zero-order valence-electron chi connectivity index (χ0n) is 11.4. The summed E-state index contributed by atoms with van der Waals surface area (Å²) in [7, 11) is 0. The van der Waals surface area contributed by atoms with E-state index in [1.165, 1.54) is 42.4 Å². The third-order valence-corrected chi connectivity index (χ3v) is 4.44. The summed E-state index contributed by atoms with van der Waals surface area (Å²) in [6.07, 6.45) is 5.30. The van der Waals surface area contributed by atoms with Crippen LogP contribution in [0.15, 0.2) is 18.2 Å². The molecule has 2 rings (SSSR count). The summed E-state index contributed by atoms with van der Waals surface area (Å²) in [4.78, 5) is 0. The molecule has 94 valence electrons. The van der Waals surface area contributed by atoms with E-state index in [9.17, 15) is 0 Å². The quantitative estimate of drug-likeness (QED) is 0.813. The highest BCUT2D eigenvalue weighted by atomic mass is 14.7. The van der Waals surface area contributed by atoms with Gasteiger partial charge in [0, 0.05) is 6.04 Å². The summed E-state index contributed by atoms with van der Waals surface area (Å²) in [5.41, 5.74) is 10.6. The molecule has 1 atom stereocenters. The van der Waals surface area contributed by atoms with Gasteiger partial charge in [-0.05, 0) is 55.2 Å². The van der Waals surface area contributed by atoms with Gasteiger partial charge in [0.1, 0.15) is 0 Å². The minimum absolute atomic E-state index is 0.240. The van der Waals surface area contributed by atoms with Crippen LogP contribution in [0, 0.1) is 25.7 Å². The lowest BCUT2D eigenvalue weighted by Crippen LogP contribution is -2.26. The fourth-order valence-electron chi connectivity index (χ4n) is 3.23. The molecule has 2 N–H and O–H groups in total. The lowest BCUT2D eigenvalue weighted by atomic mass is 9.76. The van der Waals surface area contributed by atoms with Gasteiger partial charge >= 0.3 is 0 Å². The van der Waals surface area contributed by atoms with Gasteiger partial charge in [0.05, 0.1) is 0 Å². The Morgan fingerprint density at radius 3 is 2.12 bits per heavy atom. The topological polar surface area (TPSA) is 26.0 Å². The molecule has 1 saturated carbocycles. The molecule has 1 aromatic carbocycles. The maximum Gasteiger partial charge on any atom is 0.0328 e. The Labute approximate surface area is 105 Å². The van der Waals surface area contributed by atoms with Crippen LogP contribution in [0.2, 0.25) is 0 Å². The van der Waals surface area contributed by atoms with Crippen molar-refractivity contribution in [3.63, 3.8) is 0 Å². The molecule has 1 aliphatic carbocycles. The van der Waals surface area contributed by atoms with Crippen molar-refractivity contribution in [2.75, 3.05) is 0 Å².